The second kappa shape index (κ2) is 5.61. The van der Waals surface area contributed by atoms with Crippen molar-refractivity contribution in [2.24, 2.45) is 0 Å². The molecule has 1 aliphatic rings. The Bertz CT molecular complexity index is 675. The number of aliphatic hydroxyl groups excluding tert-OH is 1. The van der Waals surface area contributed by atoms with Crippen LogP contribution < -0.4 is 0 Å². The van der Waals surface area contributed by atoms with Gasteiger partial charge in [-0.3, -0.25) is 9.78 Å². The molecule has 4 nitrogen and oxygen atoms in total. The first-order chi connectivity index (χ1) is 10.2. The van der Waals surface area contributed by atoms with Gasteiger partial charge < -0.3 is 10.0 Å². The number of aromatic nitrogens is 1. The van der Waals surface area contributed by atoms with Crippen LogP contribution in [0.25, 0.3) is 0 Å². The van der Waals surface area contributed by atoms with Gasteiger partial charge in [0, 0.05) is 12.7 Å². The third-order valence-corrected chi connectivity index (χ3v) is 3.80. The first-order valence-electron chi connectivity index (χ1n) is 6.81. The zero-order chi connectivity index (χ0) is 14.8. The standard InChI is InChI=1S/C16H15FN2O2/c17-13-7-12(8-18-9-13)16(21)19-6-5-11-3-1-2-4-14(11)15(19)10-20/h1-4,7-9,15,20H,5-6,10H2/t15-/m1/s1. The number of aliphatic hydroxyl groups is 1. The van der Waals surface area contributed by atoms with Crippen LogP contribution in [0, 0.1) is 5.82 Å². The third-order valence-electron chi connectivity index (χ3n) is 3.80. The van der Waals surface area contributed by atoms with Crippen molar-refractivity contribution in [2.75, 3.05) is 13.2 Å². The summed E-state index contributed by atoms with van der Waals surface area (Å²) in [5.74, 6) is -0.852. The van der Waals surface area contributed by atoms with Crippen molar-refractivity contribution in [3.05, 3.63) is 65.2 Å². The summed E-state index contributed by atoms with van der Waals surface area (Å²) in [6.07, 6.45) is 3.13. The van der Waals surface area contributed by atoms with Gasteiger partial charge in [0.2, 0.25) is 0 Å². The number of amides is 1. The molecular weight excluding hydrogens is 271 g/mol. The lowest BCUT2D eigenvalue weighted by Crippen LogP contribution is -2.41. The molecule has 0 radical (unpaired) electrons. The summed E-state index contributed by atoms with van der Waals surface area (Å²) in [6, 6.07) is 8.53. The van der Waals surface area contributed by atoms with E-state index in [9.17, 15) is 14.3 Å². The van der Waals surface area contributed by atoms with Crippen molar-refractivity contribution in [3.63, 3.8) is 0 Å². The van der Waals surface area contributed by atoms with Crippen LogP contribution in [0.4, 0.5) is 4.39 Å². The summed E-state index contributed by atoms with van der Waals surface area (Å²) < 4.78 is 13.2. The van der Waals surface area contributed by atoms with Crippen LogP contribution in [0.15, 0.2) is 42.7 Å². The second-order valence-electron chi connectivity index (χ2n) is 5.04. The van der Waals surface area contributed by atoms with Crippen LogP contribution in [0.3, 0.4) is 0 Å². The number of carbonyl (C=O) groups excluding carboxylic acids is 1. The summed E-state index contributed by atoms with van der Waals surface area (Å²) in [6.45, 7) is 0.336. The van der Waals surface area contributed by atoms with Gasteiger partial charge in [-0.2, -0.15) is 0 Å². The predicted molar refractivity (Wildman–Crippen MR) is 75.2 cm³/mol. The molecule has 3 rings (SSSR count). The number of nitrogens with zero attached hydrogens (tertiary/aromatic N) is 2. The fourth-order valence-electron chi connectivity index (χ4n) is 2.79. The molecule has 2 aromatic rings. The van der Waals surface area contributed by atoms with Gasteiger partial charge in [0.05, 0.1) is 24.4 Å². The molecule has 108 valence electrons. The lowest BCUT2D eigenvalue weighted by atomic mass is 9.92. The molecule has 1 atom stereocenters. The van der Waals surface area contributed by atoms with Gasteiger partial charge in [-0.05, 0) is 23.6 Å². The van der Waals surface area contributed by atoms with E-state index in [1.54, 1.807) is 4.90 Å². The maximum atomic E-state index is 13.2. The number of hydrogen-bond acceptors (Lipinski definition) is 3. The Labute approximate surface area is 121 Å². The molecule has 0 fully saturated rings. The van der Waals surface area contributed by atoms with E-state index < -0.39 is 11.9 Å². The van der Waals surface area contributed by atoms with Crippen LogP contribution in [-0.4, -0.2) is 34.0 Å². The number of hydrogen-bond donors (Lipinski definition) is 1. The normalized spacial score (nSPS) is 17.4. The molecule has 0 bridgehead atoms. The van der Waals surface area contributed by atoms with Crippen LogP contribution >= 0.6 is 0 Å². The number of benzene rings is 1. The molecule has 1 aromatic heterocycles. The lowest BCUT2D eigenvalue weighted by molar-refractivity contribution is 0.0567. The first-order valence-corrected chi connectivity index (χ1v) is 6.81. The Balaban J connectivity index is 1.94. The molecule has 1 amide bonds. The number of fused-ring (bicyclic) bond motifs is 1. The Hall–Kier alpha value is -2.27. The fourth-order valence-corrected chi connectivity index (χ4v) is 2.79. The van der Waals surface area contributed by atoms with E-state index >= 15 is 0 Å². The summed E-state index contributed by atoms with van der Waals surface area (Å²) in [7, 11) is 0. The average molecular weight is 286 g/mol. The molecule has 0 saturated heterocycles. The smallest absolute Gasteiger partial charge is 0.256 e. The summed E-state index contributed by atoms with van der Waals surface area (Å²) in [4.78, 5) is 17.8. The van der Waals surface area contributed by atoms with Gasteiger partial charge in [-0.25, -0.2) is 4.39 Å². The minimum atomic E-state index is -0.543. The SMILES string of the molecule is O=C(c1cncc(F)c1)N1CCc2ccccc2[C@H]1CO. The molecule has 0 saturated carbocycles. The summed E-state index contributed by atoms with van der Waals surface area (Å²) >= 11 is 0. The van der Waals surface area contributed by atoms with Gasteiger partial charge in [0.25, 0.3) is 5.91 Å². The largest absolute Gasteiger partial charge is 0.394 e. The van der Waals surface area contributed by atoms with E-state index in [4.69, 9.17) is 0 Å². The van der Waals surface area contributed by atoms with Crippen LogP contribution in [0.2, 0.25) is 0 Å². The maximum absolute atomic E-state index is 13.2. The van der Waals surface area contributed by atoms with E-state index in [-0.39, 0.29) is 18.1 Å². The molecule has 0 aliphatic carbocycles. The predicted octanol–water partition coefficient (Wildman–Crippen LogP) is 1.95. The Morgan fingerprint density at radius 2 is 2.19 bits per heavy atom. The van der Waals surface area contributed by atoms with Gasteiger partial charge in [0.1, 0.15) is 5.82 Å². The average Bonchev–Trinajstić information content (AvgIpc) is 2.53. The van der Waals surface area contributed by atoms with Gasteiger partial charge >= 0.3 is 0 Å². The summed E-state index contributed by atoms with van der Waals surface area (Å²) in [5.41, 5.74) is 2.29. The number of halogens is 1. The highest BCUT2D eigenvalue weighted by Gasteiger charge is 2.30. The molecule has 21 heavy (non-hydrogen) atoms. The second-order valence-corrected chi connectivity index (χ2v) is 5.04. The van der Waals surface area contributed by atoms with E-state index in [1.165, 1.54) is 12.3 Å². The van der Waals surface area contributed by atoms with E-state index in [1.807, 2.05) is 24.3 Å². The third kappa shape index (κ3) is 2.52. The molecule has 0 unspecified atom stereocenters. The van der Waals surface area contributed by atoms with Crippen molar-refractivity contribution in [1.82, 2.24) is 9.88 Å². The number of pyridine rings is 1. The van der Waals surface area contributed by atoms with Crippen molar-refractivity contribution < 1.29 is 14.3 Å². The monoisotopic (exact) mass is 286 g/mol. The Kier molecular flexibility index (Phi) is 3.66. The fraction of sp³-hybridized carbons (Fsp3) is 0.250. The van der Waals surface area contributed by atoms with Crippen LogP contribution in [-0.2, 0) is 6.42 Å². The van der Waals surface area contributed by atoms with E-state index in [2.05, 4.69) is 4.98 Å². The van der Waals surface area contributed by atoms with Gasteiger partial charge in [-0.1, -0.05) is 24.3 Å². The molecule has 2 heterocycles. The van der Waals surface area contributed by atoms with E-state index in [0.717, 1.165) is 23.7 Å². The first kappa shape index (κ1) is 13.7. The molecule has 5 heteroatoms. The molecule has 1 N–H and O–H groups in total. The van der Waals surface area contributed by atoms with Crippen molar-refractivity contribution in [3.8, 4) is 0 Å². The highest BCUT2D eigenvalue weighted by Crippen LogP contribution is 2.30. The van der Waals surface area contributed by atoms with Crippen molar-refractivity contribution >= 4 is 5.91 Å². The van der Waals surface area contributed by atoms with Gasteiger partial charge in [0.15, 0.2) is 0 Å². The highest BCUT2D eigenvalue weighted by molar-refractivity contribution is 5.94. The van der Waals surface area contributed by atoms with Crippen molar-refractivity contribution in [1.29, 1.82) is 0 Å². The minimum absolute atomic E-state index is 0.161. The molecule has 0 spiro atoms. The van der Waals surface area contributed by atoms with Crippen LogP contribution in [0.1, 0.15) is 27.5 Å². The number of rotatable bonds is 2. The quantitative estimate of drug-likeness (QED) is 0.918. The number of carbonyl (C=O) groups is 1. The zero-order valence-electron chi connectivity index (χ0n) is 11.4. The van der Waals surface area contributed by atoms with Crippen LogP contribution in [0.5, 0.6) is 0 Å². The lowest BCUT2D eigenvalue weighted by Gasteiger charge is -2.36. The molecular formula is C16H15FN2O2. The minimum Gasteiger partial charge on any atom is -0.394 e. The maximum Gasteiger partial charge on any atom is 0.256 e. The zero-order valence-corrected chi connectivity index (χ0v) is 11.4. The highest BCUT2D eigenvalue weighted by atomic mass is 19.1. The van der Waals surface area contributed by atoms with E-state index in [0.29, 0.717) is 6.54 Å². The van der Waals surface area contributed by atoms with Gasteiger partial charge in [-0.15, -0.1) is 0 Å². The topological polar surface area (TPSA) is 53.4 Å². The molecule has 1 aromatic carbocycles. The Morgan fingerprint density at radius 1 is 1.38 bits per heavy atom. The van der Waals surface area contributed by atoms with Crippen molar-refractivity contribution in [2.45, 2.75) is 12.5 Å². The summed E-state index contributed by atoms with van der Waals surface area (Å²) in [5, 5.41) is 9.68. The Morgan fingerprint density at radius 3 is 2.95 bits per heavy atom. The molecule has 1 aliphatic heterocycles.